The van der Waals surface area contributed by atoms with E-state index >= 15 is 0 Å². The van der Waals surface area contributed by atoms with Crippen LogP contribution < -0.4 is 9.47 Å². The van der Waals surface area contributed by atoms with Crippen LogP contribution in [0.2, 0.25) is 0 Å². The molecule has 1 aromatic carbocycles. The van der Waals surface area contributed by atoms with E-state index in [2.05, 4.69) is 38.8 Å². The largest absolute Gasteiger partial charge is 0.476 e. The molecule has 1 saturated carbocycles. The van der Waals surface area contributed by atoms with Gasteiger partial charge in [0.1, 0.15) is 31.1 Å². The Morgan fingerprint density at radius 3 is 2.47 bits per heavy atom. The average molecular weight is 634 g/mol. The van der Waals surface area contributed by atoms with Crippen molar-refractivity contribution in [1.29, 1.82) is 0 Å². The van der Waals surface area contributed by atoms with Crippen LogP contribution in [0, 0.1) is 12.3 Å². The predicted octanol–water partition coefficient (Wildman–Crippen LogP) is 6.07. The summed E-state index contributed by atoms with van der Waals surface area (Å²) in [5, 5.41) is 4.62. The van der Waals surface area contributed by atoms with Crippen LogP contribution >= 0.6 is 10.0 Å². The molecule has 0 unspecified atom stereocenters. The maximum atomic E-state index is 12.8. The zero-order valence-corrected chi connectivity index (χ0v) is 27.8. The number of benzene rings is 1. The number of carbonyl (C=O) groups excluding carboxylic acids is 1. The second-order valence-corrected chi connectivity index (χ2v) is 17.2. The molecule has 1 fully saturated rings. The fourth-order valence-electron chi connectivity index (χ4n) is 4.52. The Labute approximate surface area is 266 Å². The minimum atomic E-state index is -0.638. The van der Waals surface area contributed by atoms with Gasteiger partial charge in [0.15, 0.2) is 0 Å². The summed E-state index contributed by atoms with van der Waals surface area (Å²) in [6.45, 7) is 7.32. The fourth-order valence-corrected chi connectivity index (χ4v) is 5.14. The summed E-state index contributed by atoms with van der Waals surface area (Å²) in [5.41, 5.74) is 3.82. The summed E-state index contributed by atoms with van der Waals surface area (Å²) in [6.07, 6.45) is 11.8. The summed E-state index contributed by atoms with van der Waals surface area (Å²) in [7, 11) is -0.638. The van der Waals surface area contributed by atoms with Crippen molar-refractivity contribution in [2.75, 3.05) is 37.7 Å². The Balaban J connectivity index is 1.20. The standard InChI is InChI=1S/C34H43N5O5S/c1-24(2)44-33-37-31(38-39(33)23-41-16-17-45(4,5)6)29-13-12-27(19-35-29)28-20-36-30(18-25(28)3)43-22-34(14-15-34)32(40)42-21-26-10-8-7-9-11-26/h7-13,18-20,24H,14-17,21-23H2,1-6H3. The molecule has 45 heavy (non-hydrogen) atoms. The quantitative estimate of drug-likeness (QED) is 0.114. The maximum Gasteiger partial charge on any atom is 0.317 e. The summed E-state index contributed by atoms with van der Waals surface area (Å²) >= 11 is 0. The van der Waals surface area contributed by atoms with Crippen molar-refractivity contribution in [1.82, 2.24) is 24.7 Å². The second kappa shape index (κ2) is 14.0. The van der Waals surface area contributed by atoms with Crippen LogP contribution in [0.4, 0.5) is 0 Å². The summed E-state index contributed by atoms with van der Waals surface area (Å²) < 4.78 is 25.0. The highest BCUT2D eigenvalue weighted by atomic mass is 32.3. The van der Waals surface area contributed by atoms with E-state index < -0.39 is 15.4 Å². The first-order valence-corrected chi connectivity index (χ1v) is 18.2. The van der Waals surface area contributed by atoms with Crippen molar-refractivity contribution < 1.29 is 23.7 Å². The van der Waals surface area contributed by atoms with Gasteiger partial charge in [-0.3, -0.25) is 9.78 Å². The van der Waals surface area contributed by atoms with Gasteiger partial charge in [0, 0.05) is 35.3 Å². The van der Waals surface area contributed by atoms with Gasteiger partial charge in [0.25, 0.3) is 0 Å². The minimum absolute atomic E-state index is 0.0548. The van der Waals surface area contributed by atoms with Crippen LogP contribution in [0.1, 0.15) is 37.8 Å². The van der Waals surface area contributed by atoms with E-state index in [4.69, 9.17) is 18.9 Å². The number of aromatic nitrogens is 5. The van der Waals surface area contributed by atoms with E-state index in [9.17, 15) is 4.79 Å². The third-order valence-corrected chi connectivity index (χ3v) is 8.81. The number of nitrogens with zero attached hydrogens (tertiary/aromatic N) is 5. The van der Waals surface area contributed by atoms with E-state index in [1.54, 1.807) is 17.1 Å². The lowest BCUT2D eigenvalue weighted by atomic mass is 10.0. The monoisotopic (exact) mass is 633 g/mol. The first kappa shape index (κ1) is 32.4. The molecule has 240 valence electrons. The fraction of sp³-hybridized carbons (Fsp3) is 0.441. The number of hydrogen-bond donors (Lipinski definition) is 0. The highest BCUT2D eigenvalue weighted by Gasteiger charge is 2.52. The Bertz CT molecular complexity index is 1580. The summed E-state index contributed by atoms with van der Waals surface area (Å²) in [6, 6.07) is 15.8. The van der Waals surface area contributed by atoms with Gasteiger partial charge in [-0.25, -0.2) is 15.0 Å². The molecule has 10 nitrogen and oxygen atoms in total. The zero-order chi connectivity index (χ0) is 32.0. The molecule has 1 aliphatic rings. The molecule has 0 amide bonds. The normalized spacial score (nSPS) is 14.3. The first-order valence-electron chi connectivity index (χ1n) is 15.1. The molecule has 3 heterocycles. The lowest BCUT2D eigenvalue weighted by Crippen LogP contribution is -2.26. The van der Waals surface area contributed by atoms with Gasteiger partial charge in [-0.15, -0.1) is 5.10 Å². The Hall–Kier alpha value is -3.96. The molecule has 0 aliphatic heterocycles. The van der Waals surface area contributed by atoms with E-state index in [1.807, 2.05) is 69.3 Å². The molecule has 1 aliphatic carbocycles. The van der Waals surface area contributed by atoms with Crippen LogP contribution in [0.25, 0.3) is 22.6 Å². The van der Waals surface area contributed by atoms with Crippen molar-refractivity contribution in [3.63, 3.8) is 0 Å². The number of esters is 1. The molecular weight excluding hydrogens is 590 g/mol. The Morgan fingerprint density at radius 2 is 1.82 bits per heavy atom. The van der Waals surface area contributed by atoms with E-state index in [0.717, 1.165) is 40.8 Å². The van der Waals surface area contributed by atoms with E-state index in [-0.39, 0.29) is 32.0 Å². The highest BCUT2D eigenvalue weighted by Crippen LogP contribution is 2.47. The third kappa shape index (κ3) is 8.82. The smallest absolute Gasteiger partial charge is 0.317 e. The van der Waals surface area contributed by atoms with Gasteiger partial charge in [-0.05, 0) is 69.6 Å². The van der Waals surface area contributed by atoms with Crippen LogP contribution in [-0.4, -0.2) is 74.5 Å². The number of rotatable bonds is 15. The minimum Gasteiger partial charge on any atom is -0.476 e. The van der Waals surface area contributed by atoms with Crippen LogP contribution in [-0.2, 0) is 27.6 Å². The Morgan fingerprint density at radius 1 is 1.04 bits per heavy atom. The van der Waals surface area contributed by atoms with Crippen molar-refractivity contribution in [2.45, 2.75) is 53.1 Å². The molecule has 5 rings (SSSR count). The van der Waals surface area contributed by atoms with Crippen molar-refractivity contribution >= 4 is 16.0 Å². The molecule has 0 saturated heterocycles. The van der Waals surface area contributed by atoms with Crippen LogP contribution in [0.5, 0.6) is 11.9 Å². The molecule has 0 bridgehead atoms. The highest BCUT2D eigenvalue weighted by molar-refractivity contribution is 8.32. The van der Waals surface area contributed by atoms with Gasteiger partial charge in [0.2, 0.25) is 11.7 Å². The van der Waals surface area contributed by atoms with Crippen molar-refractivity contribution in [2.24, 2.45) is 5.41 Å². The first-order chi connectivity index (χ1) is 21.5. The van der Waals surface area contributed by atoms with Gasteiger partial charge >= 0.3 is 12.0 Å². The number of aryl methyl sites for hydroxylation is 1. The predicted molar refractivity (Wildman–Crippen MR) is 177 cm³/mol. The maximum absolute atomic E-state index is 12.8. The van der Waals surface area contributed by atoms with Crippen molar-refractivity contribution in [3.8, 4) is 34.5 Å². The summed E-state index contributed by atoms with van der Waals surface area (Å²) in [4.78, 5) is 26.5. The molecular formula is C34H43N5O5S. The number of pyridine rings is 2. The molecule has 0 N–H and O–H groups in total. The topological polar surface area (TPSA) is 110 Å². The van der Waals surface area contributed by atoms with E-state index in [1.165, 1.54) is 0 Å². The Kier molecular flexibility index (Phi) is 10.1. The molecule has 0 atom stereocenters. The molecule has 0 spiro atoms. The van der Waals surface area contributed by atoms with Gasteiger partial charge in [-0.1, -0.05) is 36.4 Å². The number of hydrogen-bond acceptors (Lipinski definition) is 9. The van der Waals surface area contributed by atoms with Crippen LogP contribution in [0.15, 0.2) is 60.9 Å². The second-order valence-electron chi connectivity index (χ2n) is 12.6. The van der Waals surface area contributed by atoms with Gasteiger partial charge in [0.05, 0.1) is 12.7 Å². The number of carbonyl (C=O) groups is 1. The lowest BCUT2D eigenvalue weighted by molar-refractivity contribution is -0.152. The van der Waals surface area contributed by atoms with Crippen molar-refractivity contribution in [3.05, 3.63) is 72.1 Å². The molecule has 11 heteroatoms. The van der Waals surface area contributed by atoms with Gasteiger partial charge < -0.3 is 18.9 Å². The van der Waals surface area contributed by atoms with E-state index in [0.29, 0.717) is 30.0 Å². The lowest BCUT2D eigenvalue weighted by Gasteiger charge is -2.24. The average Bonchev–Trinajstić information content (AvgIpc) is 3.71. The van der Waals surface area contributed by atoms with Gasteiger partial charge in [-0.2, -0.15) is 9.67 Å². The zero-order valence-electron chi connectivity index (χ0n) is 27.0. The molecule has 3 aromatic heterocycles. The van der Waals surface area contributed by atoms with Crippen LogP contribution in [0.3, 0.4) is 0 Å². The number of ether oxygens (including phenoxy) is 4. The SMILES string of the molecule is Cc1cc(OCC2(C(=O)OCc3ccccc3)CC2)ncc1-c1ccc(-c2nc(OC(C)C)n(COCCS(C)(C)C)n2)nc1. The molecule has 4 aromatic rings. The summed E-state index contributed by atoms with van der Waals surface area (Å²) in [5.74, 6) is 1.74. The molecule has 0 radical (unpaired) electrons. The third-order valence-electron chi connectivity index (χ3n) is 7.42.